The summed E-state index contributed by atoms with van der Waals surface area (Å²) in [4.78, 5) is 0. The van der Waals surface area contributed by atoms with Crippen molar-refractivity contribution in [1.82, 2.24) is 5.32 Å². The van der Waals surface area contributed by atoms with E-state index in [9.17, 15) is 0 Å². The maximum absolute atomic E-state index is 6.57. The van der Waals surface area contributed by atoms with Crippen molar-refractivity contribution in [2.45, 2.75) is 57.2 Å². The van der Waals surface area contributed by atoms with Gasteiger partial charge in [0, 0.05) is 24.6 Å². The van der Waals surface area contributed by atoms with Gasteiger partial charge in [-0.05, 0) is 60.6 Å². The van der Waals surface area contributed by atoms with E-state index in [1.165, 1.54) is 53.1 Å². The summed E-state index contributed by atoms with van der Waals surface area (Å²) in [6.07, 6.45) is 6.03. The number of hydrogen-bond donors (Lipinski definition) is 1. The van der Waals surface area contributed by atoms with Crippen LogP contribution in [0.5, 0.6) is 5.75 Å². The fourth-order valence-corrected chi connectivity index (χ4v) is 4.96. The summed E-state index contributed by atoms with van der Waals surface area (Å²) >= 11 is 0. The van der Waals surface area contributed by atoms with Crippen LogP contribution in [0.4, 0.5) is 0 Å². The third-order valence-electron chi connectivity index (χ3n) is 6.38. The molecule has 0 aromatic heterocycles. The fourth-order valence-electron chi connectivity index (χ4n) is 4.96. The molecule has 1 fully saturated rings. The van der Waals surface area contributed by atoms with Gasteiger partial charge in [0.1, 0.15) is 11.4 Å². The van der Waals surface area contributed by atoms with Crippen molar-refractivity contribution in [2.75, 3.05) is 0 Å². The lowest BCUT2D eigenvalue weighted by Crippen LogP contribution is -2.42. The van der Waals surface area contributed by atoms with Crippen molar-refractivity contribution in [3.8, 4) is 5.75 Å². The number of nitrogens with one attached hydrogen (secondary N) is 1. The highest BCUT2D eigenvalue weighted by molar-refractivity contribution is 5.85. The summed E-state index contributed by atoms with van der Waals surface area (Å²) in [7, 11) is 0. The van der Waals surface area contributed by atoms with E-state index in [4.69, 9.17) is 4.74 Å². The summed E-state index contributed by atoms with van der Waals surface area (Å²) in [5.74, 6) is 1.10. The normalized spacial score (nSPS) is 20.6. The molecule has 0 bridgehead atoms. The highest BCUT2D eigenvalue weighted by Gasteiger charge is 2.42. The molecule has 3 aromatic carbocycles. The summed E-state index contributed by atoms with van der Waals surface area (Å²) in [6.45, 7) is 3.04. The van der Waals surface area contributed by atoms with Crippen molar-refractivity contribution in [2.24, 2.45) is 0 Å². The van der Waals surface area contributed by atoms with Gasteiger partial charge in [0.2, 0.25) is 0 Å². The van der Waals surface area contributed by atoms with Gasteiger partial charge in [0.15, 0.2) is 0 Å². The topological polar surface area (TPSA) is 21.3 Å². The van der Waals surface area contributed by atoms with Crippen molar-refractivity contribution in [3.05, 3.63) is 77.4 Å². The van der Waals surface area contributed by atoms with Crippen LogP contribution in [0.2, 0.25) is 0 Å². The monoisotopic (exact) mass is 357 g/mol. The smallest absolute Gasteiger partial charge is 0.125 e. The molecule has 0 amide bonds. The second-order valence-electron chi connectivity index (χ2n) is 8.31. The lowest BCUT2D eigenvalue weighted by molar-refractivity contribution is 0.0364. The predicted molar refractivity (Wildman–Crippen MR) is 111 cm³/mol. The molecule has 27 heavy (non-hydrogen) atoms. The van der Waals surface area contributed by atoms with E-state index in [0.717, 1.165) is 18.7 Å². The van der Waals surface area contributed by atoms with Gasteiger partial charge < -0.3 is 10.1 Å². The first-order valence-electron chi connectivity index (χ1n) is 10.2. The average Bonchev–Trinajstić information content (AvgIpc) is 3.13. The summed E-state index contributed by atoms with van der Waals surface area (Å²) in [6, 6.07) is 22.3. The number of fused-ring (bicyclic) bond motifs is 2. The Morgan fingerprint density at radius 2 is 1.81 bits per heavy atom. The molecule has 0 unspecified atom stereocenters. The largest absolute Gasteiger partial charge is 0.487 e. The van der Waals surface area contributed by atoms with Gasteiger partial charge in [-0.15, -0.1) is 0 Å². The standard InChI is InChI=1S/C25H27NO/c1-18-11-12-22-23(16-25(13-4-5-14-25)27-24(22)15-18)26-17-20-9-6-8-19-7-2-3-10-21(19)20/h2-3,6-12,15,23,26H,4-5,13-14,16-17H2,1H3/t23-/m0/s1. The SMILES string of the molecule is Cc1ccc2c(c1)OC1(CCCC1)C[C@@H]2NCc1cccc2ccccc12. The average molecular weight is 357 g/mol. The number of aryl methyl sites for hydroxylation is 1. The van der Waals surface area contributed by atoms with Crippen LogP contribution >= 0.6 is 0 Å². The van der Waals surface area contributed by atoms with Gasteiger partial charge in [-0.25, -0.2) is 0 Å². The molecule has 2 aliphatic rings. The van der Waals surface area contributed by atoms with E-state index in [2.05, 4.69) is 72.9 Å². The van der Waals surface area contributed by atoms with Crippen LogP contribution in [0.3, 0.4) is 0 Å². The van der Waals surface area contributed by atoms with E-state index >= 15 is 0 Å². The molecule has 1 heterocycles. The Kier molecular flexibility index (Phi) is 4.17. The molecule has 1 aliphatic heterocycles. The van der Waals surface area contributed by atoms with Crippen LogP contribution in [-0.4, -0.2) is 5.60 Å². The van der Waals surface area contributed by atoms with Crippen molar-refractivity contribution in [3.63, 3.8) is 0 Å². The summed E-state index contributed by atoms with van der Waals surface area (Å²) < 4.78 is 6.57. The third-order valence-corrected chi connectivity index (χ3v) is 6.38. The van der Waals surface area contributed by atoms with Crippen LogP contribution in [0.25, 0.3) is 10.8 Å². The number of rotatable bonds is 3. The van der Waals surface area contributed by atoms with Gasteiger partial charge >= 0.3 is 0 Å². The Bertz CT molecular complexity index is 966. The molecule has 1 aliphatic carbocycles. The van der Waals surface area contributed by atoms with Gasteiger partial charge in [-0.2, -0.15) is 0 Å². The Morgan fingerprint density at radius 1 is 1.00 bits per heavy atom. The van der Waals surface area contributed by atoms with E-state index in [1.807, 2.05) is 0 Å². The molecule has 2 heteroatoms. The summed E-state index contributed by atoms with van der Waals surface area (Å²) in [5.41, 5.74) is 4.00. The maximum atomic E-state index is 6.57. The van der Waals surface area contributed by atoms with Crippen LogP contribution in [0, 0.1) is 6.92 Å². The zero-order chi connectivity index (χ0) is 18.3. The molecule has 1 N–H and O–H groups in total. The van der Waals surface area contributed by atoms with E-state index in [-0.39, 0.29) is 5.60 Å². The van der Waals surface area contributed by atoms with Gasteiger partial charge in [0.05, 0.1) is 0 Å². The number of benzene rings is 3. The van der Waals surface area contributed by atoms with Gasteiger partial charge in [0.25, 0.3) is 0 Å². The Labute approximate surface area is 161 Å². The molecule has 138 valence electrons. The van der Waals surface area contributed by atoms with E-state index < -0.39 is 0 Å². The zero-order valence-corrected chi connectivity index (χ0v) is 16.0. The maximum Gasteiger partial charge on any atom is 0.125 e. The molecule has 1 atom stereocenters. The minimum absolute atomic E-state index is 0.0389. The third kappa shape index (κ3) is 3.12. The minimum atomic E-state index is 0.0389. The van der Waals surface area contributed by atoms with E-state index in [0.29, 0.717) is 6.04 Å². The molecule has 3 aromatic rings. The number of hydrogen-bond acceptors (Lipinski definition) is 2. The number of ether oxygens (including phenoxy) is 1. The van der Waals surface area contributed by atoms with Crippen LogP contribution in [0.15, 0.2) is 60.7 Å². The molecule has 0 saturated heterocycles. The minimum Gasteiger partial charge on any atom is -0.487 e. The lowest BCUT2D eigenvalue weighted by atomic mass is 9.85. The van der Waals surface area contributed by atoms with Crippen molar-refractivity contribution >= 4 is 10.8 Å². The second kappa shape index (κ2) is 6.69. The molecule has 2 nitrogen and oxygen atoms in total. The van der Waals surface area contributed by atoms with Gasteiger partial charge in [-0.1, -0.05) is 54.6 Å². The highest BCUT2D eigenvalue weighted by atomic mass is 16.5. The van der Waals surface area contributed by atoms with Crippen LogP contribution in [-0.2, 0) is 6.54 Å². The Morgan fingerprint density at radius 3 is 2.70 bits per heavy atom. The second-order valence-corrected chi connectivity index (χ2v) is 8.31. The van der Waals surface area contributed by atoms with E-state index in [1.54, 1.807) is 0 Å². The molecular weight excluding hydrogens is 330 g/mol. The van der Waals surface area contributed by atoms with Crippen molar-refractivity contribution in [1.29, 1.82) is 0 Å². The quantitative estimate of drug-likeness (QED) is 0.614. The molecule has 5 rings (SSSR count). The van der Waals surface area contributed by atoms with Crippen LogP contribution in [0.1, 0.15) is 54.8 Å². The first-order chi connectivity index (χ1) is 13.2. The Hall–Kier alpha value is -2.32. The summed E-state index contributed by atoms with van der Waals surface area (Å²) in [5, 5.41) is 6.54. The molecule has 1 saturated carbocycles. The van der Waals surface area contributed by atoms with Crippen molar-refractivity contribution < 1.29 is 4.74 Å². The first-order valence-corrected chi connectivity index (χ1v) is 10.2. The van der Waals surface area contributed by atoms with Crippen LogP contribution < -0.4 is 10.1 Å². The predicted octanol–water partition coefficient (Wildman–Crippen LogP) is 6.07. The highest BCUT2D eigenvalue weighted by Crippen LogP contribution is 2.47. The Balaban J connectivity index is 1.45. The molecule has 0 radical (unpaired) electrons. The zero-order valence-electron chi connectivity index (χ0n) is 16.0. The fraction of sp³-hybridized carbons (Fsp3) is 0.360. The van der Waals surface area contributed by atoms with Gasteiger partial charge in [-0.3, -0.25) is 0 Å². The molecular formula is C25H27NO. The first kappa shape index (κ1) is 16.8. The molecule has 1 spiro atoms. The lowest BCUT2D eigenvalue weighted by Gasteiger charge is -2.40.